The molecule has 0 bridgehead atoms. The molecule has 29 heavy (non-hydrogen) atoms. The number of alkyl halides is 3. The molecule has 0 aromatic heterocycles. The van der Waals surface area contributed by atoms with Crippen LogP contribution in [0.1, 0.15) is 24.3 Å². The Bertz CT molecular complexity index is 824. The Morgan fingerprint density at radius 2 is 1.79 bits per heavy atom. The van der Waals surface area contributed by atoms with Gasteiger partial charge < -0.3 is 15.2 Å². The van der Waals surface area contributed by atoms with Crippen LogP contribution in [0.2, 0.25) is 0 Å². The van der Waals surface area contributed by atoms with Gasteiger partial charge in [0.05, 0.1) is 7.11 Å². The molecule has 0 amide bonds. The van der Waals surface area contributed by atoms with Crippen molar-refractivity contribution < 1.29 is 32.2 Å². The third kappa shape index (κ3) is 6.93. The third-order valence-corrected chi connectivity index (χ3v) is 5.34. The van der Waals surface area contributed by atoms with Crippen LogP contribution in [0.3, 0.4) is 0 Å². The number of carboxylic acids is 1. The van der Waals surface area contributed by atoms with Gasteiger partial charge in [0, 0.05) is 15.4 Å². The van der Waals surface area contributed by atoms with E-state index in [1.165, 1.54) is 0 Å². The van der Waals surface area contributed by atoms with Crippen LogP contribution >= 0.6 is 11.8 Å². The molecule has 1 fully saturated rings. The first kappa shape index (κ1) is 23.0. The molecule has 1 saturated heterocycles. The summed E-state index contributed by atoms with van der Waals surface area (Å²) in [5.41, 5.74) is 0.872. The number of ether oxygens (including phenoxy) is 1. The zero-order chi connectivity index (χ0) is 21.4. The summed E-state index contributed by atoms with van der Waals surface area (Å²) in [4.78, 5) is 11.0. The Balaban J connectivity index is 0.000000370. The van der Waals surface area contributed by atoms with Crippen molar-refractivity contribution in [2.75, 3.05) is 20.2 Å². The van der Waals surface area contributed by atoms with E-state index in [9.17, 15) is 17.6 Å². The Morgan fingerprint density at radius 3 is 2.38 bits per heavy atom. The maximum atomic E-state index is 14.4. The van der Waals surface area contributed by atoms with Crippen LogP contribution < -0.4 is 10.1 Å². The summed E-state index contributed by atoms with van der Waals surface area (Å²) in [6, 6.07) is 13.3. The molecular weight excluding hydrogens is 410 g/mol. The van der Waals surface area contributed by atoms with Crippen LogP contribution in [0.5, 0.6) is 5.75 Å². The van der Waals surface area contributed by atoms with Gasteiger partial charge in [0.2, 0.25) is 0 Å². The molecule has 4 nitrogen and oxygen atoms in total. The lowest BCUT2D eigenvalue weighted by Gasteiger charge is -2.25. The van der Waals surface area contributed by atoms with E-state index in [0.29, 0.717) is 5.92 Å². The number of carbonyl (C=O) groups is 1. The fourth-order valence-electron chi connectivity index (χ4n) is 2.90. The van der Waals surface area contributed by atoms with E-state index in [-0.39, 0.29) is 5.82 Å². The van der Waals surface area contributed by atoms with Crippen LogP contribution in [0.4, 0.5) is 17.6 Å². The van der Waals surface area contributed by atoms with Crippen LogP contribution in [-0.2, 0) is 4.79 Å². The van der Waals surface area contributed by atoms with Crippen molar-refractivity contribution in [3.05, 3.63) is 53.8 Å². The minimum atomic E-state index is -5.08. The average molecular weight is 431 g/mol. The summed E-state index contributed by atoms with van der Waals surface area (Å²) in [6.07, 6.45) is -3.10. The monoisotopic (exact) mass is 431 g/mol. The van der Waals surface area contributed by atoms with E-state index >= 15 is 0 Å². The van der Waals surface area contributed by atoms with Crippen LogP contribution in [-0.4, -0.2) is 37.5 Å². The summed E-state index contributed by atoms with van der Waals surface area (Å²) in [7, 11) is 1.66. The molecule has 2 aromatic carbocycles. The first-order valence-corrected chi connectivity index (χ1v) is 9.65. The molecule has 0 atom stereocenters. The molecule has 2 N–H and O–H groups in total. The van der Waals surface area contributed by atoms with Crippen molar-refractivity contribution in [3.63, 3.8) is 0 Å². The number of halogens is 4. The van der Waals surface area contributed by atoms with Crippen molar-refractivity contribution in [3.8, 4) is 5.75 Å². The van der Waals surface area contributed by atoms with Crippen molar-refractivity contribution >= 4 is 17.7 Å². The molecule has 2 aromatic rings. The molecule has 0 radical (unpaired) electrons. The second-order valence-corrected chi connectivity index (χ2v) is 7.38. The minimum Gasteiger partial charge on any atom is -0.497 e. The number of benzene rings is 2. The van der Waals surface area contributed by atoms with Gasteiger partial charge in [-0.25, -0.2) is 9.18 Å². The number of hydrogen-bond acceptors (Lipinski definition) is 4. The highest BCUT2D eigenvalue weighted by Crippen LogP contribution is 2.39. The quantitative estimate of drug-likeness (QED) is 0.661. The number of nitrogens with one attached hydrogen (secondary N) is 1. The fourth-order valence-corrected chi connectivity index (χ4v) is 4.00. The summed E-state index contributed by atoms with van der Waals surface area (Å²) in [5, 5.41) is 10.5. The van der Waals surface area contributed by atoms with E-state index in [1.807, 2.05) is 30.3 Å². The molecule has 0 saturated carbocycles. The SMILES string of the molecule is COc1cccc(Sc2cccc(F)c2C2CCNCC2)c1.O=C(O)C(F)(F)F. The standard InChI is InChI=1S/C18H20FNOS.C2HF3O2/c1-21-14-4-2-5-15(12-14)22-17-7-3-6-16(19)18(17)13-8-10-20-11-9-13;3-2(4,5)1(6)7/h2-7,12-13,20H,8-11H2,1H3;(H,6,7). The summed E-state index contributed by atoms with van der Waals surface area (Å²) >= 11 is 1.61. The van der Waals surface area contributed by atoms with Gasteiger partial charge in [-0.05, 0) is 62.2 Å². The van der Waals surface area contributed by atoms with Gasteiger partial charge in [0.25, 0.3) is 0 Å². The Labute approximate surface area is 170 Å². The minimum absolute atomic E-state index is 0.0835. The normalized spacial score (nSPS) is 14.7. The van der Waals surface area contributed by atoms with Crippen LogP contribution in [0, 0.1) is 5.82 Å². The molecular formula is C20H21F4NO3S. The lowest BCUT2D eigenvalue weighted by Crippen LogP contribution is -2.27. The van der Waals surface area contributed by atoms with E-state index in [1.54, 1.807) is 31.0 Å². The summed E-state index contributed by atoms with van der Waals surface area (Å²) in [5.74, 6) is -1.72. The van der Waals surface area contributed by atoms with Gasteiger partial charge in [0.1, 0.15) is 11.6 Å². The first-order valence-electron chi connectivity index (χ1n) is 8.83. The zero-order valence-electron chi connectivity index (χ0n) is 15.6. The molecule has 9 heteroatoms. The van der Waals surface area contributed by atoms with Crippen molar-refractivity contribution in [1.29, 1.82) is 0 Å². The van der Waals surface area contributed by atoms with E-state index in [2.05, 4.69) is 5.32 Å². The van der Waals surface area contributed by atoms with Gasteiger partial charge in [-0.15, -0.1) is 0 Å². The largest absolute Gasteiger partial charge is 0.497 e. The number of rotatable bonds is 4. The topological polar surface area (TPSA) is 58.6 Å². The third-order valence-electron chi connectivity index (χ3n) is 4.27. The molecule has 1 aliphatic rings. The van der Waals surface area contributed by atoms with Crippen LogP contribution in [0.15, 0.2) is 52.3 Å². The molecule has 0 spiro atoms. The molecule has 158 valence electrons. The van der Waals surface area contributed by atoms with Crippen LogP contribution in [0.25, 0.3) is 0 Å². The highest BCUT2D eigenvalue weighted by molar-refractivity contribution is 7.99. The highest BCUT2D eigenvalue weighted by Gasteiger charge is 2.38. The summed E-state index contributed by atoms with van der Waals surface area (Å²) in [6.45, 7) is 1.92. The van der Waals surface area contributed by atoms with Gasteiger partial charge in [0.15, 0.2) is 0 Å². The Hall–Kier alpha value is -2.26. The summed E-state index contributed by atoms with van der Waals surface area (Å²) < 4.78 is 51.4. The van der Waals surface area contributed by atoms with E-state index in [0.717, 1.165) is 47.0 Å². The van der Waals surface area contributed by atoms with Crippen molar-refractivity contribution in [1.82, 2.24) is 5.32 Å². The lowest BCUT2D eigenvalue weighted by molar-refractivity contribution is -0.192. The van der Waals surface area contributed by atoms with E-state index in [4.69, 9.17) is 14.6 Å². The molecule has 0 unspecified atom stereocenters. The number of methoxy groups -OCH3 is 1. The molecule has 1 heterocycles. The lowest BCUT2D eigenvalue weighted by atomic mass is 9.90. The number of carboxylic acid groups (broad SMARTS) is 1. The number of piperidine rings is 1. The van der Waals surface area contributed by atoms with Gasteiger partial charge in [-0.1, -0.05) is 23.9 Å². The number of hydrogen-bond donors (Lipinski definition) is 2. The Kier molecular flexibility index (Phi) is 8.33. The maximum Gasteiger partial charge on any atom is 0.490 e. The second-order valence-electron chi connectivity index (χ2n) is 6.26. The smallest absolute Gasteiger partial charge is 0.490 e. The average Bonchev–Trinajstić information content (AvgIpc) is 2.69. The predicted octanol–water partition coefficient (Wildman–Crippen LogP) is 5.09. The number of aliphatic carboxylic acids is 1. The van der Waals surface area contributed by atoms with Gasteiger partial charge in [-0.3, -0.25) is 0 Å². The van der Waals surface area contributed by atoms with E-state index < -0.39 is 12.1 Å². The zero-order valence-corrected chi connectivity index (χ0v) is 16.4. The molecule has 1 aliphatic heterocycles. The second kappa shape index (κ2) is 10.5. The Morgan fingerprint density at radius 1 is 1.17 bits per heavy atom. The maximum absolute atomic E-state index is 14.4. The first-order chi connectivity index (χ1) is 13.7. The fraction of sp³-hybridized carbons (Fsp3) is 0.350. The molecule has 3 rings (SSSR count). The highest BCUT2D eigenvalue weighted by atomic mass is 32.2. The predicted molar refractivity (Wildman–Crippen MR) is 102 cm³/mol. The van der Waals surface area contributed by atoms with Gasteiger partial charge in [-0.2, -0.15) is 13.2 Å². The van der Waals surface area contributed by atoms with Crippen molar-refractivity contribution in [2.45, 2.75) is 34.7 Å². The molecule has 0 aliphatic carbocycles. The van der Waals surface area contributed by atoms with Gasteiger partial charge >= 0.3 is 12.1 Å². The van der Waals surface area contributed by atoms with Crippen molar-refractivity contribution in [2.24, 2.45) is 0 Å².